The Bertz CT molecular complexity index is 347. The summed E-state index contributed by atoms with van der Waals surface area (Å²) in [6.45, 7) is 5.99. The number of hydrogen-bond acceptors (Lipinski definition) is 3. The van der Waals surface area contributed by atoms with Crippen molar-refractivity contribution < 1.29 is 4.74 Å². The number of aryl methyl sites for hydroxylation is 1. The van der Waals surface area contributed by atoms with Gasteiger partial charge in [-0.2, -0.15) is 0 Å². The van der Waals surface area contributed by atoms with Gasteiger partial charge in [0.25, 0.3) is 0 Å². The van der Waals surface area contributed by atoms with Crippen LogP contribution >= 0.6 is 11.6 Å². The van der Waals surface area contributed by atoms with Crippen molar-refractivity contribution in [3.05, 3.63) is 11.1 Å². The predicted octanol–water partition coefficient (Wildman–Crippen LogP) is 2.48. The number of rotatable bonds is 4. The van der Waals surface area contributed by atoms with Crippen molar-refractivity contribution in [1.82, 2.24) is 14.8 Å². The number of aromatic nitrogens is 3. The van der Waals surface area contributed by atoms with E-state index in [4.69, 9.17) is 16.3 Å². The highest BCUT2D eigenvalue weighted by atomic mass is 35.5. The number of ether oxygens (including phenoxy) is 1. The summed E-state index contributed by atoms with van der Waals surface area (Å²) in [5.74, 6) is 1.52. The van der Waals surface area contributed by atoms with E-state index >= 15 is 0 Å². The maximum absolute atomic E-state index is 6.10. The highest BCUT2D eigenvalue weighted by molar-refractivity contribution is 6.28. The molecule has 5 heteroatoms. The second-order valence-electron chi connectivity index (χ2n) is 4.37. The summed E-state index contributed by atoms with van der Waals surface area (Å²) in [6, 6.07) is 0.326. The van der Waals surface area contributed by atoms with Gasteiger partial charge in [0.15, 0.2) is 0 Å². The molecule has 1 aromatic heterocycles. The topological polar surface area (TPSA) is 39.9 Å². The minimum Gasteiger partial charge on any atom is -0.381 e. The Labute approximate surface area is 101 Å². The maximum Gasteiger partial charge on any atom is 0.225 e. The molecule has 2 atom stereocenters. The fraction of sp³-hybridized carbons (Fsp3) is 0.818. The Morgan fingerprint density at radius 3 is 3.00 bits per heavy atom. The van der Waals surface area contributed by atoms with E-state index in [9.17, 15) is 0 Å². The lowest BCUT2D eigenvalue weighted by molar-refractivity contribution is 0.174. The van der Waals surface area contributed by atoms with Crippen molar-refractivity contribution in [1.29, 1.82) is 0 Å². The zero-order valence-corrected chi connectivity index (χ0v) is 10.6. The van der Waals surface area contributed by atoms with Gasteiger partial charge in [-0.25, -0.2) is 0 Å². The quantitative estimate of drug-likeness (QED) is 0.816. The molecule has 2 unspecified atom stereocenters. The van der Waals surface area contributed by atoms with E-state index in [1.807, 2.05) is 0 Å². The van der Waals surface area contributed by atoms with Crippen LogP contribution in [0, 0.1) is 5.92 Å². The van der Waals surface area contributed by atoms with E-state index < -0.39 is 0 Å². The molecule has 2 heterocycles. The van der Waals surface area contributed by atoms with Gasteiger partial charge in [0.2, 0.25) is 5.28 Å². The third-order valence-corrected chi connectivity index (χ3v) is 3.51. The third kappa shape index (κ3) is 2.23. The minimum atomic E-state index is 0.326. The van der Waals surface area contributed by atoms with E-state index in [0.29, 0.717) is 17.2 Å². The standard InChI is InChI=1S/C11H18ClN3O/c1-3-4-10-13-14-11(12)15(10)8(2)9-5-6-16-7-9/h8-9H,3-7H2,1-2H3. The molecular formula is C11H18ClN3O. The van der Waals surface area contributed by atoms with Crippen LogP contribution in [0.15, 0.2) is 0 Å². The number of nitrogens with zero attached hydrogens (tertiary/aromatic N) is 3. The van der Waals surface area contributed by atoms with E-state index in [1.165, 1.54) is 0 Å². The van der Waals surface area contributed by atoms with Crippen LogP contribution in [0.5, 0.6) is 0 Å². The van der Waals surface area contributed by atoms with E-state index in [0.717, 1.165) is 38.3 Å². The molecule has 0 spiro atoms. The SMILES string of the molecule is CCCc1nnc(Cl)n1C(C)C1CCOC1. The van der Waals surface area contributed by atoms with Crippen molar-refractivity contribution in [3.63, 3.8) is 0 Å². The van der Waals surface area contributed by atoms with Crippen molar-refractivity contribution in [3.8, 4) is 0 Å². The van der Waals surface area contributed by atoms with E-state index in [1.54, 1.807) is 0 Å². The average Bonchev–Trinajstić information content (AvgIpc) is 2.88. The zero-order valence-electron chi connectivity index (χ0n) is 9.82. The minimum absolute atomic E-state index is 0.326. The van der Waals surface area contributed by atoms with Gasteiger partial charge in [-0.15, -0.1) is 10.2 Å². The monoisotopic (exact) mass is 243 g/mol. The molecule has 2 rings (SSSR count). The summed E-state index contributed by atoms with van der Waals surface area (Å²) < 4.78 is 7.48. The Kier molecular flexibility index (Phi) is 3.82. The van der Waals surface area contributed by atoms with Crippen LogP contribution in [-0.2, 0) is 11.2 Å². The summed E-state index contributed by atoms with van der Waals surface area (Å²) in [6.07, 6.45) is 3.09. The van der Waals surface area contributed by atoms with Gasteiger partial charge in [-0.3, -0.25) is 4.57 Å². The molecule has 90 valence electrons. The first-order chi connectivity index (χ1) is 7.74. The molecule has 1 aromatic rings. The van der Waals surface area contributed by atoms with Gasteiger partial charge in [0, 0.05) is 25.0 Å². The second-order valence-corrected chi connectivity index (χ2v) is 4.71. The molecule has 1 saturated heterocycles. The van der Waals surface area contributed by atoms with Crippen LogP contribution in [-0.4, -0.2) is 28.0 Å². The Hall–Kier alpha value is -0.610. The van der Waals surface area contributed by atoms with E-state index in [2.05, 4.69) is 28.6 Å². The normalized spacial score (nSPS) is 22.6. The Balaban J connectivity index is 2.19. The van der Waals surface area contributed by atoms with Gasteiger partial charge in [-0.1, -0.05) is 6.92 Å². The largest absolute Gasteiger partial charge is 0.381 e. The highest BCUT2D eigenvalue weighted by Crippen LogP contribution is 2.29. The molecule has 0 amide bonds. The van der Waals surface area contributed by atoms with Gasteiger partial charge in [-0.05, 0) is 31.4 Å². The van der Waals surface area contributed by atoms with Crippen LogP contribution < -0.4 is 0 Å². The molecule has 1 aliphatic heterocycles. The summed E-state index contributed by atoms with van der Waals surface area (Å²) in [4.78, 5) is 0. The van der Waals surface area contributed by atoms with Crippen molar-refractivity contribution in [2.24, 2.45) is 5.92 Å². The first-order valence-electron chi connectivity index (χ1n) is 5.91. The molecule has 4 nitrogen and oxygen atoms in total. The van der Waals surface area contributed by atoms with Crippen molar-refractivity contribution in [2.45, 2.75) is 39.2 Å². The van der Waals surface area contributed by atoms with Gasteiger partial charge in [0.05, 0.1) is 6.61 Å². The molecular weight excluding hydrogens is 226 g/mol. The molecule has 0 saturated carbocycles. The smallest absolute Gasteiger partial charge is 0.225 e. The number of hydrogen-bond donors (Lipinski definition) is 0. The molecule has 0 aliphatic carbocycles. The maximum atomic E-state index is 6.10. The van der Waals surface area contributed by atoms with Crippen LogP contribution in [0.25, 0.3) is 0 Å². The summed E-state index contributed by atoms with van der Waals surface area (Å²) in [5, 5.41) is 8.61. The fourth-order valence-corrected chi connectivity index (χ4v) is 2.53. The molecule has 0 radical (unpaired) electrons. The van der Waals surface area contributed by atoms with E-state index in [-0.39, 0.29) is 0 Å². The lowest BCUT2D eigenvalue weighted by Crippen LogP contribution is -2.19. The summed E-state index contributed by atoms with van der Waals surface area (Å²) in [7, 11) is 0. The zero-order chi connectivity index (χ0) is 11.5. The Morgan fingerprint density at radius 2 is 2.38 bits per heavy atom. The lowest BCUT2D eigenvalue weighted by Gasteiger charge is -2.21. The third-order valence-electron chi connectivity index (χ3n) is 3.25. The predicted molar refractivity (Wildman–Crippen MR) is 62.7 cm³/mol. The first-order valence-corrected chi connectivity index (χ1v) is 6.28. The summed E-state index contributed by atoms with van der Waals surface area (Å²) >= 11 is 6.10. The highest BCUT2D eigenvalue weighted by Gasteiger charge is 2.26. The molecule has 1 aliphatic rings. The van der Waals surface area contributed by atoms with Gasteiger partial charge in [0.1, 0.15) is 5.82 Å². The molecule has 0 aromatic carbocycles. The lowest BCUT2D eigenvalue weighted by atomic mass is 10.0. The summed E-state index contributed by atoms with van der Waals surface area (Å²) in [5.41, 5.74) is 0. The molecule has 1 fully saturated rings. The molecule has 16 heavy (non-hydrogen) atoms. The van der Waals surface area contributed by atoms with Crippen LogP contribution in [0.1, 0.15) is 38.6 Å². The van der Waals surface area contributed by atoms with Gasteiger partial charge >= 0.3 is 0 Å². The molecule has 0 bridgehead atoms. The van der Waals surface area contributed by atoms with Crippen LogP contribution in [0.3, 0.4) is 0 Å². The van der Waals surface area contributed by atoms with Crippen molar-refractivity contribution >= 4 is 11.6 Å². The molecule has 0 N–H and O–H groups in total. The van der Waals surface area contributed by atoms with Crippen LogP contribution in [0.2, 0.25) is 5.28 Å². The number of halogens is 1. The fourth-order valence-electron chi connectivity index (χ4n) is 2.24. The second kappa shape index (κ2) is 5.15. The average molecular weight is 244 g/mol. The first kappa shape index (κ1) is 11.9. The van der Waals surface area contributed by atoms with Gasteiger partial charge < -0.3 is 4.74 Å². The van der Waals surface area contributed by atoms with Crippen LogP contribution in [0.4, 0.5) is 0 Å². The Morgan fingerprint density at radius 1 is 1.56 bits per heavy atom. The van der Waals surface area contributed by atoms with Crippen molar-refractivity contribution in [2.75, 3.05) is 13.2 Å².